The van der Waals surface area contributed by atoms with Crippen molar-refractivity contribution in [1.29, 1.82) is 0 Å². The van der Waals surface area contributed by atoms with Crippen molar-refractivity contribution in [2.24, 2.45) is 0 Å². The number of nitrogens with one attached hydrogen (secondary N) is 1. The van der Waals surface area contributed by atoms with Gasteiger partial charge in [0.25, 0.3) is 0 Å². The van der Waals surface area contributed by atoms with E-state index in [1.807, 2.05) is 6.07 Å². The Labute approximate surface area is 234 Å². The molecule has 11 nitrogen and oxygen atoms in total. The van der Waals surface area contributed by atoms with E-state index in [-0.39, 0.29) is 24.9 Å². The smallest absolute Gasteiger partial charge is 0.349 e. The van der Waals surface area contributed by atoms with Crippen LogP contribution in [0.2, 0.25) is 0 Å². The van der Waals surface area contributed by atoms with E-state index < -0.39 is 52.5 Å². The van der Waals surface area contributed by atoms with Crippen LogP contribution in [0.25, 0.3) is 0 Å². The lowest BCUT2D eigenvalue weighted by atomic mass is 10.1. The SMILES string of the molecule is CC(C)OC(=O)[C@@H](C)N[P@@](=S)(OCC1OC2(CC2n2ccc(N)nc2=O)C(Cl)(Cl)[C@@H]1O)Oc1ccccc1. The Morgan fingerprint density at radius 1 is 1.34 bits per heavy atom. The largest absolute Gasteiger partial charge is 0.462 e. The molecule has 2 fully saturated rings. The van der Waals surface area contributed by atoms with Crippen molar-refractivity contribution in [3.8, 4) is 5.75 Å². The number of anilines is 1. The molecular formula is C23H29Cl2N4O7PS. The van der Waals surface area contributed by atoms with Gasteiger partial charge in [0, 0.05) is 12.6 Å². The van der Waals surface area contributed by atoms with Crippen LogP contribution in [-0.4, -0.2) is 61.5 Å². The zero-order chi connectivity index (χ0) is 27.9. The molecule has 0 radical (unpaired) electrons. The van der Waals surface area contributed by atoms with Crippen molar-refractivity contribution in [2.45, 2.75) is 67.5 Å². The first-order valence-electron chi connectivity index (χ1n) is 11.8. The summed E-state index contributed by atoms with van der Waals surface area (Å²) in [4.78, 5) is 28.5. The number of alkyl halides is 2. The Morgan fingerprint density at radius 2 is 2.03 bits per heavy atom. The summed E-state index contributed by atoms with van der Waals surface area (Å²) in [6.45, 7) is 1.38. The second-order valence-electron chi connectivity index (χ2n) is 9.41. The average Bonchev–Trinajstić information content (AvgIpc) is 3.52. The molecule has 1 aromatic carbocycles. The molecule has 38 heavy (non-hydrogen) atoms. The number of esters is 1. The standard InChI is InChI=1S/C23H29Cl2N4O7PS/c1-13(2)34-20(31)14(3)28-37(38,36-15-7-5-4-6-8-15)33-12-16-19(30)23(24,25)22(35-16)11-17(22)29-10-9-18(26)27-21(29)32/h4-10,13-14,16-17,19,30H,11-12H2,1-3H3,(H,28,38)(H2,26,27,32)/t14-,16?,17?,19-,22?,37-/m1/s1. The first kappa shape index (κ1) is 29.2. The molecule has 3 unspecified atom stereocenters. The molecule has 1 aromatic heterocycles. The number of halogens is 2. The Hall–Kier alpha value is -1.76. The molecule has 15 heteroatoms. The van der Waals surface area contributed by atoms with Gasteiger partial charge in [-0.15, -0.1) is 0 Å². The van der Waals surface area contributed by atoms with Crippen LogP contribution >= 0.6 is 29.8 Å². The third-order valence-corrected chi connectivity index (χ3v) is 9.73. The van der Waals surface area contributed by atoms with Gasteiger partial charge in [0.15, 0.2) is 4.33 Å². The first-order valence-corrected chi connectivity index (χ1v) is 15.2. The van der Waals surface area contributed by atoms with Crippen LogP contribution in [0.3, 0.4) is 0 Å². The number of aliphatic hydroxyl groups is 1. The molecular weight excluding hydrogens is 578 g/mol. The van der Waals surface area contributed by atoms with Crippen LogP contribution in [0.5, 0.6) is 5.75 Å². The lowest BCUT2D eigenvalue weighted by Crippen LogP contribution is -2.42. The number of para-hydroxylation sites is 1. The number of benzene rings is 1. The molecule has 2 aliphatic rings. The average molecular weight is 607 g/mol. The Kier molecular flexibility index (Phi) is 8.47. The highest BCUT2D eigenvalue weighted by Crippen LogP contribution is 2.66. The summed E-state index contributed by atoms with van der Waals surface area (Å²) in [5.74, 6) is -0.0427. The Balaban J connectivity index is 1.51. The van der Waals surface area contributed by atoms with E-state index in [4.69, 9.17) is 59.3 Å². The van der Waals surface area contributed by atoms with Gasteiger partial charge in [-0.05, 0) is 50.8 Å². The number of hydrogen-bond donors (Lipinski definition) is 3. The van der Waals surface area contributed by atoms with Crippen molar-refractivity contribution in [2.75, 3.05) is 12.3 Å². The van der Waals surface area contributed by atoms with Crippen molar-refractivity contribution in [1.82, 2.24) is 14.6 Å². The number of ether oxygens (including phenoxy) is 2. The van der Waals surface area contributed by atoms with Gasteiger partial charge in [-0.1, -0.05) is 41.4 Å². The van der Waals surface area contributed by atoms with Crippen LogP contribution in [0.15, 0.2) is 47.4 Å². The van der Waals surface area contributed by atoms with E-state index >= 15 is 0 Å². The van der Waals surface area contributed by atoms with Gasteiger partial charge < -0.3 is 29.4 Å². The van der Waals surface area contributed by atoms with Crippen LogP contribution in [0.4, 0.5) is 5.82 Å². The van der Waals surface area contributed by atoms with E-state index in [0.29, 0.717) is 5.75 Å². The quantitative estimate of drug-likeness (QED) is 0.208. The predicted molar refractivity (Wildman–Crippen MR) is 146 cm³/mol. The van der Waals surface area contributed by atoms with Gasteiger partial charge in [-0.3, -0.25) is 9.36 Å². The minimum atomic E-state index is -3.40. The van der Waals surface area contributed by atoms with E-state index in [0.717, 1.165) is 0 Å². The molecule has 1 spiro atoms. The summed E-state index contributed by atoms with van der Waals surface area (Å²) >= 11 is 18.9. The van der Waals surface area contributed by atoms with Crippen LogP contribution in [0, 0.1) is 0 Å². The van der Waals surface area contributed by atoms with Gasteiger partial charge in [-0.25, -0.2) is 9.88 Å². The highest BCUT2D eigenvalue weighted by atomic mass is 35.5. The summed E-state index contributed by atoms with van der Waals surface area (Å²) in [7, 11) is 0. The minimum absolute atomic E-state index is 0.0748. The number of carbonyl (C=O) groups is 1. The summed E-state index contributed by atoms with van der Waals surface area (Å²) in [6.07, 6.45) is -1.01. The molecule has 2 heterocycles. The number of rotatable bonds is 10. The Bertz CT molecular complexity index is 1280. The fourth-order valence-corrected chi connectivity index (χ4v) is 7.42. The summed E-state index contributed by atoms with van der Waals surface area (Å²) < 4.78 is 22.9. The van der Waals surface area contributed by atoms with Crippen molar-refractivity contribution < 1.29 is 28.4 Å². The topological polar surface area (TPSA) is 147 Å². The first-order chi connectivity index (χ1) is 17.8. The zero-order valence-corrected chi connectivity index (χ0v) is 24.0. The van der Waals surface area contributed by atoms with Gasteiger partial charge in [-0.2, -0.15) is 4.98 Å². The van der Waals surface area contributed by atoms with Crippen molar-refractivity contribution in [3.63, 3.8) is 0 Å². The maximum Gasteiger partial charge on any atom is 0.349 e. The monoisotopic (exact) mass is 606 g/mol. The molecule has 1 saturated heterocycles. The number of nitrogens with zero attached hydrogens (tertiary/aromatic N) is 2. The molecule has 1 aliphatic heterocycles. The highest BCUT2D eigenvalue weighted by molar-refractivity contribution is 8.09. The van der Waals surface area contributed by atoms with Crippen LogP contribution in [0.1, 0.15) is 33.2 Å². The predicted octanol–water partition coefficient (Wildman–Crippen LogP) is 2.69. The second-order valence-corrected chi connectivity index (χ2v) is 13.9. The molecule has 0 amide bonds. The lowest BCUT2D eigenvalue weighted by Gasteiger charge is -2.28. The number of carbonyl (C=O) groups excluding carboxylic acids is 1. The minimum Gasteiger partial charge on any atom is -0.462 e. The van der Waals surface area contributed by atoms with E-state index in [1.165, 1.54) is 16.8 Å². The number of nitrogens with two attached hydrogens (primary N) is 1. The van der Waals surface area contributed by atoms with Crippen LogP contribution < -0.4 is 21.0 Å². The van der Waals surface area contributed by atoms with Gasteiger partial charge in [0.2, 0.25) is 0 Å². The summed E-state index contributed by atoms with van der Waals surface area (Å²) in [5, 5.41) is 13.9. The molecule has 208 valence electrons. The second kappa shape index (κ2) is 11.0. The molecule has 1 saturated carbocycles. The summed E-state index contributed by atoms with van der Waals surface area (Å²) in [6, 6.07) is 8.74. The van der Waals surface area contributed by atoms with Gasteiger partial charge in [0.1, 0.15) is 35.4 Å². The van der Waals surface area contributed by atoms with Crippen molar-refractivity contribution in [3.05, 3.63) is 53.1 Å². The van der Waals surface area contributed by atoms with Gasteiger partial charge in [0.05, 0.1) is 18.8 Å². The molecule has 4 N–H and O–H groups in total. The number of hydrogen-bond acceptors (Lipinski definition) is 10. The number of nitrogen functional groups attached to an aromatic ring is 1. The van der Waals surface area contributed by atoms with E-state index in [9.17, 15) is 14.7 Å². The third-order valence-electron chi connectivity index (χ3n) is 6.15. The maximum absolute atomic E-state index is 12.4. The molecule has 1 aliphatic carbocycles. The van der Waals surface area contributed by atoms with Crippen molar-refractivity contribution >= 4 is 53.4 Å². The van der Waals surface area contributed by atoms with Gasteiger partial charge >= 0.3 is 18.3 Å². The fraction of sp³-hybridized carbons (Fsp3) is 0.522. The van der Waals surface area contributed by atoms with E-state index in [1.54, 1.807) is 45.0 Å². The zero-order valence-electron chi connectivity index (χ0n) is 20.8. The number of aromatic nitrogens is 2. The molecule has 0 bridgehead atoms. The molecule has 4 rings (SSSR count). The maximum atomic E-state index is 12.4. The lowest BCUT2D eigenvalue weighted by molar-refractivity contribution is -0.149. The van der Waals surface area contributed by atoms with Crippen LogP contribution in [-0.2, 0) is 30.6 Å². The Morgan fingerprint density at radius 3 is 2.66 bits per heavy atom. The number of aliphatic hydroxyl groups excluding tert-OH is 1. The summed E-state index contributed by atoms with van der Waals surface area (Å²) in [5.41, 5.74) is 3.73. The fourth-order valence-electron chi connectivity index (χ4n) is 4.23. The third kappa shape index (κ3) is 5.88. The molecule has 2 aromatic rings. The normalized spacial score (nSPS) is 28.1. The highest BCUT2D eigenvalue weighted by Gasteiger charge is 2.77. The molecule has 6 atom stereocenters. The van der Waals surface area contributed by atoms with E-state index in [2.05, 4.69) is 10.1 Å².